The third-order valence-electron chi connectivity index (χ3n) is 5.43. The molecule has 1 aromatic carbocycles. The molecule has 1 saturated heterocycles. The standard InChI is InChI=1S/C22H26N8O/c1-15(2)17-12-25-30-20(17)27-22(29-8-10-31-11-9-29)28-21(30)24-14-19-23-13-18(26-19)16-6-4-3-5-7-16/h3-7,12-13,15H,8-11,14H2,1-2H3,(H,23,26)(H,24,27,28). The Bertz CT molecular complexity index is 1160. The molecule has 0 unspecified atom stereocenters. The van der Waals surface area contributed by atoms with E-state index in [1.165, 1.54) is 0 Å². The molecular formula is C22H26N8O. The highest BCUT2D eigenvalue weighted by Gasteiger charge is 2.20. The molecule has 0 spiro atoms. The van der Waals surface area contributed by atoms with Gasteiger partial charge in [0.2, 0.25) is 11.9 Å². The van der Waals surface area contributed by atoms with Crippen molar-refractivity contribution in [3.63, 3.8) is 0 Å². The van der Waals surface area contributed by atoms with Gasteiger partial charge in [0.1, 0.15) is 5.82 Å². The summed E-state index contributed by atoms with van der Waals surface area (Å²) in [5.74, 6) is 2.49. The summed E-state index contributed by atoms with van der Waals surface area (Å²) in [6.07, 6.45) is 3.73. The lowest BCUT2D eigenvalue weighted by Gasteiger charge is -2.27. The van der Waals surface area contributed by atoms with Crippen LogP contribution in [0.1, 0.15) is 31.2 Å². The first-order chi connectivity index (χ1) is 15.2. The van der Waals surface area contributed by atoms with E-state index in [9.17, 15) is 0 Å². The lowest BCUT2D eigenvalue weighted by molar-refractivity contribution is 0.122. The summed E-state index contributed by atoms with van der Waals surface area (Å²) in [6, 6.07) is 10.2. The Morgan fingerprint density at radius 3 is 2.68 bits per heavy atom. The highest BCUT2D eigenvalue weighted by atomic mass is 16.5. The molecule has 0 atom stereocenters. The zero-order valence-corrected chi connectivity index (χ0v) is 17.7. The molecule has 0 aliphatic carbocycles. The minimum Gasteiger partial charge on any atom is -0.378 e. The number of nitrogens with zero attached hydrogens (tertiary/aromatic N) is 6. The topological polar surface area (TPSA) is 96.3 Å². The number of H-pyrrole nitrogens is 1. The second-order valence-corrected chi connectivity index (χ2v) is 7.90. The number of morpholine rings is 1. The molecule has 0 radical (unpaired) electrons. The molecule has 9 heteroatoms. The normalized spacial score (nSPS) is 14.5. The number of hydrogen-bond donors (Lipinski definition) is 2. The number of benzene rings is 1. The van der Waals surface area contributed by atoms with Crippen molar-refractivity contribution in [1.82, 2.24) is 29.5 Å². The van der Waals surface area contributed by atoms with E-state index in [0.29, 0.717) is 37.6 Å². The van der Waals surface area contributed by atoms with Crippen LogP contribution in [0, 0.1) is 0 Å². The van der Waals surface area contributed by atoms with Crippen LogP contribution in [0.2, 0.25) is 0 Å². The van der Waals surface area contributed by atoms with Crippen LogP contribution in [0.15, 0.2) is 42.7 Å². The largest absolute Gasteiger partial charge is 0.378 e. The van der Waals surface area contributed by atoms with Crippen molar-refractivity contribution in [2.24, 2.45) is 0 Å². The average molecular weight is 419 g/mol. The van der Waals surface area contributed by atoms with Crippen LogP contribution in [0.25, 0.3) is 16.9 Å². The zero-order chi connectivity index (χ0) is 21.2. The Morgan fingerprint density at radius 2 is 1.90 bits per heavy atom. The lowest BCUT2D eigenvalue weighted by Crippen LogP contribution is -2.37. The second-order valence-electron chi connectivity index (χ2n) is 7.90. The van der Waals surface area contributed by atoms with Gasteiger partial charge < -0.3 is 19.9 Å². The number of ether oxygens (including phenoxy) is 1. The predicted octanol–water partition coefficient (Wildman–Crippen LogP) is 3.09. The zero-order valence-electron chi connectivity index (χ0n) is 17.7. The van der Waals surface area contributed by atoms with Gasteiger partial charge in [-0.05, 0) is 11.5 Å². The number of imidazole rings is 1. The number of anilines is 2. The van der Waals surface area contributed by atoms with Gasteiger partial charge in [0.15, 0.2) is 5.65 Å². The molecule has 4 aromatic rings. The van der Waals surface area contributed by atoms with E-state index in [4.69, 9.17) is 14.7 Å². The Labute approximate surface area is 180 Å². The van der Waals surface area contributed by atoms with Crippen molar-refractivity contribution in [2.75, 3.05) is 36.5 Å². The van der Waals surface area contributed by atoms with Crippen molar-refractivity contribution >= 4 is 17.5 Å². The smallest absolute Gasteiger partial charge is 0.230 e. The van der Waals surface area contributed by atoms with Crippen LogP contribution in [-0.2, 0) is 11.3 Å². The van der Waals surface area contributed by atoms with Crippen LogP contribution in [0.4, 0.5) is 11.9 Å². The third-order valence-corrected chi connectivity index (χ3v) is 5.43. The van der Waals surface area contributed by atoms with Crippen molar-refractivity contribution in [1.29, 1.82) is 0 Å². The highest BCUT2D eigenvalue weighted by Crippen LogP contribution is 2.24. The summed E-state index contributed by atoms with van der Waals surface area (Å²) in [5, 5.41) is 7.94. The maximum atomic E-state index is 5.49. The number of hydrogen-bond acceptors (Lipinski definition) is 7. The van der Waals surface area contributed by atoms with Crippen LogP contribution >= 0.6 is 0 Å². The molecule has 0 bridgehead atoms. The summed E-state index contributed by atoms with van der Waals surface area (Å²) in [4.78, 5) is 19.7. The van der Waals surface area contributed by atoms with Gasteiger partial charge in [-0.25, -0.2) is 4.98 Å². The minimum absolute atomic E-state index is 0.316. The molecule has 0 amide bonds. The average Bonchev–Trinajstić information content (AvgIpc) is 3.46. The molecule has 2 N–H and O–H groups in total. The quantitative estimate of drug-likeness (QED) is 0.497. The van der Waals surface area contributed by atoms with Crippen molar-refractivity contribution < 1.29 is 4.74 Å². The van der Waals surface area contributed by atoms with Crippen molar-refractivity contribution in [3.8, 4) is 11.3 Å². The molecular weight excluding hydrogens is 392 g/mol. The molecule has 3 aromatic heterocycles. The summed E-state index contributed by atoms with van der Waals surface area (Å²) in [7, 11) is 0. The Hall–Kier alpha value is -3.46. The number of aromatic nitrogens is 6. The molecule has 9 nitrogen and oxygen atoms in total. The Kier molecular flexibility index (Phi) is 5.25. The fourth-order valence-electron chi connectivity index (χ4n) is 3.69. The molecule has 4 heterocycles. The highest BCUT2D eigenvalue weighted by molar-refractivity contribution is 5.58. The van der Waals surface area contributed by atoms with Crippen molar-refractivity contribution in [2.45, 2.75) is 26.3 Å². The monoisotopic (exact) mass is 418 g/mol. The molecule has 5 rings (SSSR count). The van der Waals surface area contributed by atoms with E-state index in [-0.39, 0.29) is 0 Å². The van der Waals surface area contributed by atoms with Gasteiger partial charge in [-0.3, -0.25) is 0 Å². The first-order valence-electron chi connectivity index (χ1n) is 10.6. The van der Waals surface area contributed by atoms with Gasteiger partial charge in [-0.2, -0.15) is 19.6 Å². The summed E-state index contributed by atoms with van der Waals surface area (Å²) in [5.41, 5.74) is 4.03. The predicted molar refractivity (Wildman–Crippen MR) is 119 cm³/mol. The SMILES string of the molecule is CC(C)c1cnn2c(NCc3ncc(-c4ccccc4)[nH]3)nc(N3CCOCC3)nc12. The first-order valence-corrected chi connectivity index (χ1v) is 10.6. The minimum atomic E-state index is 0.316. The van der Waals surface area contributed by atoms with Crippen LogP contribution < -0.4 is 10.2 Å². The van der Waals surface area contributed by atoms with Crippen LogP contribution in [0.5, 0.6) is 0 Å². The molecule has 160 valence electrons. The van der Waals surface area contributed by atoms with Crippen LogP contribution in [0.3, 0.4) is 0 Å². The molecule has 0 saturated carbocycles. The Balaban J connectivity index is 1.44. The second kappa shape index (κ2) is 8.35. The van der Waals surface area contributed by atoms with Gasteiger partial charge in [-0.15, -0.1) is 0 Å². The van der Waals surface area contributed by atoms with Crippen molar-refractivity contribution in [3.05, 3.63) is 54.1 Å². The first kappa shape index (κ1) is 19.5. The van der Waals surface area contributed by atoms with E-state index in [1.807, 2.05) is 30.6 Å². The lowest BCUT2D eigenvalue weighted by atomic mass is 10.1. The number of rotatable bonds is 6. The van der Waals surface area contributed by atoms with Gasteiger partial charge in [-0.1, -0.05) is 44.2 Å². The van der Waals surface area contributed by atoms with E-state index < -0.39 is 0 Å². The van der Waals surface area contributed by atoms with Gasteiger partial charge >= 0.3 is 0 Å². The number of aromatic amines is 1. The summed E-state index contributed by atoms with van der Waals surface area (Å²) in [6.45, 7) is 7.71. The maximum absolute atomic E-state index is 5.49. The fourth-order valence-corrected chi connectivity index (χ4v) is 3.69. The maximum Gasteiger partial charge on any atom is 0.230 e. The van der Waals surface area contributed by atoms with E-state index in [2.05, 4.69) is 51.3 Å². The molecule has 1 aliphatic heterocycles. The van der Waals surface area contributed by atoms with E-state index >= 15 is 0 Å². The summed E-state index contributed by atoms with van der Waals surface area (Å²) < 4.78 is 7.27. The number of fused-ring (bicyclic) bond motifs is 1. The third kappa shape index (κ3) is 3.96. The van der Waals surface area contributed by atoms with Gasteiger partial charge in [0, 0.05) is 18.7 Å². The summed E-state index contributed by atoms with van der Waals surface area (Å²) >= 11 is 0. The van der Waals surface area contributed by atoms with Crippen LogP contribution in [-0.4, -0.2) is 55.9 Å². The van der Waals surface area contributed by atoms with E-state index in [0.717, 1.165) is 41.4 Å². The van der Waals surface area contributed by atoms with Gasteiger partial charge in [0.05, 0.1) is 37.8 Å². The fraction of sp³-hybridized carbons (Fsp3) is 0.364. The number of nitrogens with one attached hydrogen (secondary N) is 2. The Morgan fingerprint density at radius 1 is 1.10 bits per heavy atom. The molecule has 1 aliphatic rings. The van der Waals surface area contributed by atoms with E-state index in [1.54, 1.807) is 4.52 Å². The molecule has 31 heavy (non-hydrogen) atoms. The van der Waals surface area contributed by atoms with Gasteiger partial charge in [0.25, 0.3) is 0 Å². The molecule has 1 fully saturated rings.